The molecule has 0 spiro atoms. The van der Waals surface area contributed by atoms with Crippen LogP contribution in [0.15, 0.2) is 29.2 Å². The van der Waals surface area contributed by atoms with Crippen LogP contribution in [0.1, 0.15) is 37.8 Å². The van der Waals surface area contributed by atoms with E-state index < -0.39 is 5.51 Å². The van der Waals surface area contributed by atoms with Crippen molar-refractivity contribution in [3.05, 3.63) is 29.8 Å². The molecule has 118 valence electrons. The van der Waals surface area contributed by atoms with Gasteiger partial charge in [0, 0.05) is 23.5 Å². The first-order valence-electron chi connectivity index (χ1n) is 7.26. The zero-order chi connectivity index (χ0) is 15.5. The maximum absolute atomic E-state index is 12.3. The van der Waals surface area contributed by atoms with E-state index in [0.29, 0.717) is 12.6 Å². The van der Waals surface area contributed by atoms with Crippen molar-refractivity contribution in [1.82, 2.24) is 4.90 Å². The fourth-order valence-corrected chi connectivity index (χ4v) is 3.15. The van der Waals surface area contributed by atoms with E-state index in [2.05, 4.69) is 11.8 Å². The third-order valence-electron chi connectivity index (χ3n) is 3.62. The van der Waals surface area contributed by atoms with Crippen LogP contribution < -0.4 is 5.73 Å². The monoisotopic (exact) mass is 318 g/mol. The molecule has 0 aromatic heterocycles. The first kappa shape index (κ1) is 16.6. The van der Waals surface area contributed by atoms with Gasteiger partial charge in [-0.3, -0.25) is 4.90 Å². The molecule has 21 heavy (non-hydrogen) atoms. The SMILES string of the molecule is CCCN(C1CC1)C(CN)c1ccc(SC(F)(F)F)cc1. The highest BCUT2D eigenvalue weighted by atomic mass is 32.2. The van der Waals surface area contributed by atoms with E-state index in [9.17, 15) is 13.2 Å². The lowest BCUT2D eigenvalue weighted by atomic mass is 10.0. The Morgan fingerprint density at radius 1 is 1.29 bits per heavy atom. The minimum atomic E-state index is -4.24. The Hall–Kier alpha value is -0.720. The highest BCUT2D eigenvalue weighted by Crippen LogP contribution is 2.38. The van der Waals surface area contributed by atoms with Gasteiger partial charge in [-0.05, 0) is 55.3 Å². The third-order valence-corrected chi connectivity index (χ3v) is 4.36. The summed E-state index contributed by atoms with van der Waals surface area (Å²) in [5.74, 6) is 0. The predicted octanol–water partition coefficient (Wildman–Crippen LogP) is 4.17. The molecule has 1 aromatic rings. The highest BCUT2D eigenvalue weighted by molar-refractivity contribution is 8.00. The van der Waals surface area contributed by atoms with Gasteiger partial charge in [0.05, 0.1) is 0 Å². The largest absolute Gasteiger partial charge is 0.446 e. The molecule has 1 fully saturated rings. The van der Waals surface area contributed by atoms with E-state index in [-0.39, 0.29) is 22.7 Å². The molecule has 1 aliphatic carbocycles. The number of alkyl halides is 3. The topological polar surface area (TPSA) is 29.3 Å². The van der Waals surface area contributed by atoms with Crippen molar-refractivity contribution in [3.63, 3.8) is 0 Å². The molecule has 2 nitrogen and oxygen atoms in total. The number of hydrogen-bond acceptors (Lipinski definition) is 3. The van der Waals surface area contributed by atoms with Crippen LogP contribution in [0.4, 0.5) is 13.2 Å². The van der Waals surface area contributed by atoms with Crippen LogP contribution in [-0.4, -0.2) is 29.5 Å². The van der Waals surface area contributed by atoms with Crippen molar-refractivity contribution in [2.24, 2.45) is 5.73 Å². The molecule has 0 saturated heterocycles. The summed E-state index contributed by atoms with van der Waals surface area (Å²) in [7, 11) is 0. The van der Waals surface area contributed by atoms with Gasteiger partial charge >= 0.3 is 5.51 Å². The molecule has 0 aliphatic heterocycles. The number of rotatable bonds is 7. The van der Waals surface area contributed by atoms with E-state index in [0.717, 1.165) is 18.5 Å². The molecule has 1 atom stereocenters. The second kappa shape index (κ2) is 7.03. The lowest BCUT2D eigenvalue weighted by Gasteiger charge is -2.31. The Bertz CT molecular complexity index is 443. The Morgan fingerprint density at radius 3 is 2.33 bits per heavy atom. The molecule has 1 saturated carbocycles. The number of hydrogen-bond donors (Lipinski definition) is 1. The van der Waals surface area contributed by atoms with Gasteiger partial charge in [0.2, 0.25) is 0 Å². The van der Waals surface area contributed by atoms with E-state index >= 15 is 0 Å². The lowest BCUT2D eigenvalue weighted by molar-refractivity contribution is -0.0328. The lowest BCUT2D eigenvalue weighted by Crippen LogP contribution is -2.36. The summed E-state index contributed by atoms with van der Waals surface area (Å²) in [4.78, 5) is 2.61. The Balaban J connectivity index is 2.10. The van der Waals surface area contributed by atoms with E-state index in [4.69, 9.17) is 5.73 Å². The molecule has 1 unspecified atom stereocenters. The van der Waals surface area contributed by atoms with Crippen molar-refractivity contribution >= 4 is 11.8 Å². The van der Waals surface area contributed by atoms with Crippen molar-refractivity contribution < 1.29 is 13.2 Å². The fraction of sp³-hybridized carbons (Fsp3) is 0.600. The van der Waals surface area contributed by atoms with Crippen LogP contribution >= 0.6 is 11.8 Å². The summed E-state index contributed by atoms with van der Waals surface area (Å²) in [5.41, 5.74) is 2.68. The van der Waals surface area contributed by atoms with Crippen LogP contribution in [0.5, 0.6) is 0 Å². The maximum atomic E-state index is 12.3. The first-order chi connectivity index (χ1) is 9.94. The van der Waals surface area contributed by atoms with Crippen LogP contribution in [0.2, 0.25) is 0 Å². The summed E-state index contributed by atoms with van der Waals surface area (Å²) >= 11 is -0.0788. The molecule has 2 N–H and O–H groups in total. The summed E-state index contributed by atoms with van der Waals surface area (Å²) in [6, 6.07) is 7.30. The number of nitrogens with two attached hydrogens (primary N) is 1. The third kappa shape index (κ3) is 4.90. The Morgan fingerprint density at radius 2 is 1.90 bits per heavy atom. The molecule has 1 aliphatic rings. The maximum Gasteiger partial charge on any atom is 0.446 e. The zero-order valence-electron chi connectivity index (χ0n) is 12.1. The van der Waals surface area contributed by atoms with Crippen LogP contribution in [0.3, 0.4) is 0 Å². The Kier molecular flexibility index (Phi) is 5.57. The molecule has 0 heterocycles. The van der Waals surface area contributed by atoms with Gasteiger partial charge in [0.1, 0.15) is 0 Å². The summed E-state index contributed by atoms with van der Waals surface area (Å²) in [6.07, 6.45) is 3.44. The van der Waals surface area contributed by atoms with Gasteiger partial charge < -0.3 is 5.73 Å². The molecule has 0 radical (unpaired) electrons. The second-order valence-electron chi connectivity index (χ2n) is 5.34. The number of halogens is 3. The molecule has 0 amide bonds. The number of nitrogens with zero attached hydrogens (tertiary/aromatic N) is 1. The molecule has 2 rings (SSSR count). The van der Waals surface area contributed by atoms with Crippen molar-refractivity contribution in [1.29, 1.82) is 0 Å². The average Bonchev–Trinajstić information content (AvgIpc) is 3.23. The molecule has 0 bridgehead atoms. The van der Waals surface area contributed by atoms with Gasteiger partial charge in [0.25, 0.3) is 0 Å². The quantitative estimate of drug-likeness (QED) is 0.765. The van der Waals surface area contributed by atoms with Crippen LogP contribution in [0, 0.1) is 0 Å². The predicted molar refractivity (Wildman–Crippen MR) is 80.2 cm³/mol. The minimum absolute atomic E-state index is 0.0788. The van der Waals surface area contributed by atoms with Crippen LogP contribution in [-0.2, 0) is 0 Å². The van der Waals surface area contributed by atoms with Gasteiger partial charge in [-0.25, -0.2) is 0 Å². The summed E-state index contributed by atoms with van der Waals surface area (Å²) in [5, 5.41) is 0. The molecule has 1 aromatic carbocycles. The van der Waals surface area contributed by atoms with Gasteiger partial charge in [-0.15, -0.1) is 0 Å². The summed E-state index contributed by atoms with van der Waals surface area (Å²) in [6.45, 7) is 3.60. The number of thioether (sulfide) groups is 1. The van der Waals surface area contributed by atoms with E-state index in [1.54, 1.807) is 12.1 Å². The first-order valence-corrected chi connectivity index (χ1v) is 8.07. The average molecular weight is 318 g/mol. The Labute approximate surface area is 127 Å². The minimum Gasteiger partial charge on any atom is -0.329 e. The molecular formula is C15H21F3N2S. The molecule has 6 heteroatoms. The second-order valence-corrected chi connectivity index (χ2v) is 6.48. The van der Waals surface area contributed by atoms with Crippen molar-refractivity contribution in [2.45, 2.75) is 48.7 Å². The standard InChI is InChI=1S/C15H21F3N2S/c1-2-9-20(12-5-6-12)14(10-19)11-3-7-13(8-4-11)21-15(16,17)18/h3-4,7-8,12,14H,2,5-6,9-10,19H2,1H3. The normalized spacial score (nSPS) is 17.2. The van der Waals surface area contributed by atoms with Crippen LogP contribution in [0.25, 0.3) is 0 Å². The van der Waals surface area contributed by atoms with Gasteiger partial charge in [0.15, 0.2) is 0 Å². The highest BCUT2D eigenvalue weighted by Gasteiger charge is 2.33. The molecular weight excluding hydrogens is 297 g/mol. The van der Waals surface area contributed by atoms with Gasteiger partial charge in [-0.2, -0.15) is 13.2 Å². The fourth-order valence-electron chi connectivity index (χ4n) is 2.61. The zero-order valence-corrected chi connectivity index (χ0v) is 12.9. The summed E-state index contributed by atoms with van der Waals surface area (Å²) < 4.78 is 37.0. The number of benzene rings is 1. The van der Waals surface area contributed by atoms with E-state index in [1.807, 2.05) is 0 Å². The van der Waals surface area contributed by atoms with Gasteiger partial charge in [-0.1, -0.05) is 19.1 Å². The smallest absolute Gasteiger partial charge is 0.329 e. The van der Waals surface area contributed by atoms with Crippen molar-refractivity contribution in [2.75, 3.05) is 13.1 Å². The van der Waals surface area contributed by atoms with E-state index in [1.165, 1.54) is 25.0 Å². The van der Waals surface area contributed by atoms with Crippen molar-refractivity contribution in [3.8, 4) is 0 Å².